The topological polar surface area (TPSA) is 71.8 Å². The number of hydrogen-bond acceptors (Lipinski definition) is 4. The van der Waals surface area contributed by atoms with Gasteiger partial charge in [0.2, 0.25) is 5.91 Å². The molecule has 2 aliphatic heterocycles. The molecule has 2 saturated heterocycles. The molecular formula is C15H20N2O4. The molecule has 0 bridgehead atoms. The van der Waals surface area contributed by atoms with Gasteiger partial charge in [0.1, 0.15) is 0 Å². The maximum Gasteiger partial charge on any atom is 0.289 e. The second kappa shape index (κ2) is 6.30. The summed E-state index contributed by atoms with van der Waals surface area (Å²) in [4.78, 5) is 25.9. The van der Waals surface area contributed by atoms with Gasteiger partial charge in [-0.15, -0.1) is 0 Å². The van der Waals surface area contributed by atoms with Crippen molar-refractivity contribution in [1.29, 1.82) is 0 Å². The Hall–Kier alpha value is -1.82. The highest BCUT2D eigenvalue weighted by molar-refractivity contribution is 5.91. The molecule has 6 heteroatoms. The molecule has 114 valence electrons. The summed E-state index contributed by atoms with van der Waals surface area (Å²) < 4.78 is 10.4. The summed E-state index contributed by atoms with van der Waals surface area (Å²) in [7, 11) is 0. The molecule has 2 fully saturated rings. The van der Waals surface area contributed by atoms with E-state index in [0.29, 0.717) is 32.1 Å². The third-order valence-corrected chi connectivity index (χ3v) is 4.16. The van der Waals surface area contributed by atoms with Gasteiger partial charge in [-0.05, 0) is 31.4 Å². The van der Waals surface area contributed by atoms with Gasteiger partial charge < -0.3 is 19.4 Å². The first kappa shape index (κ1) is 14.1. The third kappa shape index (κ3) is 3.26. The third-order valence-electron chi connectivity index (χ3n) is 4.16. The zero-order valence-corrected chi connectivity index (χ0v) is 11.9. The molecule has 0 saturated carbocycles. The minimum absolute atomic E-state index is 0.00668. The fourth-order valence-electron chi connectivity index (χ4n) is 2.84. The molecule has 0 aromatic carbocycles. The van der Waals surface area contributed by atoms with Gasteiger partial charge in [-0.3, -0.25) is 9.59 Å². The summed E-state index contributed by atoms with van der Waals surface area (Å²) in [5.74, 6) is 0.380. The van der Waals surface area contributed by atoms with Gasteiger partial charge in [-0.2, -0.15) is 0 Å². The molecule has 0 radical (unpaired) electrons. The monoisotopic (exact) mass is 292 g/mol. The Morgan fingerprint density at radius 3 is 2.67 bits per heavy atom. The molecule has 0 aliphatic carbocycles. The van der Waals surface area contributed by atoms with E-state index in [9.17, 15) is 9.59 Å². The van der Waals surface area contributed by atoms with Crippen LogP contribution in [-0.2, 0) is 9.53 Å². The van der Waals surface area contributed by atoms with Crippen LogP contribution in [0.4, 0.5) is 0 Å². The van der Waals surface area contributed by atoms with Gasteiger partial charge in [0.05, 0.1) is 18.8 Å². The molecule has 2 amide bonds. The van der Waals surface area contributed by atoms with Gasteiger partial charge >= 0.3 is 0 Å². The lowest BCUT2D eigenvalue weighted by molar-refractivity contribution is -0.125. The van der Waals surface area contributed by atoms with Crippen LogP contribution in [-0.4, -0.2) is 49.1 Å². The molecule has 3 rings (SSSR count). The quantitative estimate of drug-likeness (QED) is 0.903. The molecule has 21 heavy (non-hydrogen) atoms. The number of piperidine rings is 1. The number of carbonyl (C=O) groups is 2. The van der Waals surface area contributed by atoms with Crippen molar-refractivity contribution in [3.8, 4) is 0 Å². The van der Waals surface area contributed by atoms with Crippen LogP contribution in [0.15, 0.2) is 22.8 Å². The first-order valence-electron chi connectivity index (χ1n) is 7.45. The average Bonchev–Trinajstić information content (AvgIpc) is 3.20. The molecular weight excluding hydrogens is 272 g/mol. The highest BCUT2D eigenvalue weighted by Gasteiger charge is 2.29. The number of rotatable bonds is 3. The summed E-state index contributed by atoms with van der Waals surface area (Å²) in [6.07, 6.45) is 3.88. The van der Waals surface area contributed by atoms with E-state index in [4.69, 9.17) is 9.15 Å². The van der Waals surface area contributed by atoms with E-state index in [1.54, 1.807) is 17.0 Å². The van der Waals surface area contributed by atoms with Crippen molar-refractivity contribution in [3.63, 3.8) is 0 Å². The maximum atomic E-state index is 12.1. The highest BCUT2D eigenvalue weighted by Crippen LogP contribution is 2.17. The van der Waals surface area contributed by atoms with Crippen LogP contribution in [0.25, 0.3) is 0 Å². The highest BCUT2D eigenvalue weighted by atomic mass is 16.5. The van der Waals surface area contributed by atoms with Gasteiger partial charge in [-0.1, -0.05) is 0 Å². The zero-order valence-electron chi connectivity index (χ0n) is 11.9. The zero-order chi connectivity index (χ0) is 14.7. The molecule has 1 atom stereocenters. The van der Waals surface area contributed by atoms with Crippen LogP contribution in [0.5, 0.6) is 0 Å². The standard InChI is InChI=1S/C15H20N2O4/c18-14(11-5-9-20-10-11)16-12-3-6-17(7-4-12)15(19)13-2-1-8-21-13/h1-2,8,11-12H,3-7,9-10H2,(H,16,18). The number of likely N-dealkylation sites (tertiary alicyclic amines) is 1. The number of ether oxygens (including phenoxy) is 1. The minimum atomic E-state index is -0.0750. The molecule has 0 spiro atoms. The van der Waals surface area contributed by atoms with Crippen molar-refractivity contribution < 1.29 is 18.7 Å². The summed E-state index contributed by atoms with van der Waals surface area (Å²) in [5.41, 5.74) is 0. The van der Waals surface area contributed by atoms with Crippen LogP contribution in [0.1, 0.15) is 29.8 Å². The SMILES string of the molecule is O=C(NC1CCN(C(=O)c2ccco2)CC1)C1CCOC1. The molecule has 2 aliphatic rings. The van der Waals surface area contributed by atoms with E-state index in [1.807, 2.05) is 0 Å². The number of nitrogens with one attached hydrogen (secondary N) is 1. The number of furan rings is 1. The Bertz CT molecular complexity index is 486. The Kier molecular flexibility index (Phi) is 4.24. The first-order valence-corrected chi connectivity index (χ1v) is 7.45. The Labute approximate surface area is 123 Å². The predicted molar refractivity (Wildman–Crippen MR) is 74.7 cm³/mol. The minimum Gasteiger partial charge on any atom is -0.459 e. The van der Waals surface area contributed by atoms with Gasteiger partial charge in [0, 0.05) is 25.7 Å². The molecule has 1 aromatic heterocycles. The van der Waals surface area contributed by atoms with Crippen molar-refractivity contribution in [2.45, 2.75) is 25.3 Å². The summed E-state index contributed by atoms with van der Waals surface area (Å²) in [6, 6.07) is 3.54. The largest absolute Gasteiger partial charge is 0.459 e. The number of amides is 2. The molecule has 6 nitrogen and oxygen atoms in total. The van der Waals surface area contributed by atoms with Crippen molar-refractivity contribution in [2.75, 3.05) is 26.3 Å². The van der Waals surface area contributed by atoms with Gasteiger partial charge in [0.15, 0.2) is 5.76 Å². The normalized spacial score (nSPS) is 23.2. The van der Waals surface area contributed by atoms with Crippen molar-refractivity contribution >= 4 is 11.8 Å². The first-order chi connectivity index (χ1) is 10.2. The second-order valence-corrected chi connectivity index (χ2v) is 5.61. The predicted octanol–water partition coefficient (Wildman–Crippen LogP) is 1.04. The molecule has 1 N–H and O–H groups in total. The van der Waals surface area contributed by atoms with Crippen molar-refractivity contribution in [1.82, 2.24) is 10.2 Å². The van der Waals surface area contributed by atoms with Crippen LogP contribution in [0.3, 0.4) is 0 Å². The molecule has 1 unspecified atom stereocenters. The Morgan fingerprint density at radius 1 is 1.24 bits per heavy atom. The van der Waals surface area contributed by atoms with Crippen molar-refractivity contribution in [3.05, 3.63) is 24.2 Å². The number of nitrogens with zero attached hydrogens (tertiary/aromatic N) is 1. The molecule has 3 heterocycles. The molecule has 1 aromatic rings. The number of hydrogen-bond donors (Lipinski definition) is 1. The fourth-order valence-corrected chi connectivity index (χ4v) is 2.84. The van der Waals surface area contributed by atoms with Crippen molar-refractivity contribution in [2.24, 2.45) is 5.92 Å². The van der Waals surface area contributed by atoms with Crippen LogP contribution >= 0.6 is 0 Å². The summed E-state index contributed by atoms with van der Waals surface area (Å²) in [5, 5.41) is 3.07. The van der Waals surface area contributed by atoms with E-state index < -0.39 is 0 Å². The van der Waals surface area contributed by atoms with E-state index >= 15 is 0 Å². The van der Waals surface area contributed by atoms with Crippen LogP contribution in [0, 0.1) is 5.92 Å². The lowest BCUT2D eigenvalue weighted by Crippen LogP contribution is -2.47. The Balaban J connectivity index is 1.46. The van der Waals surface area contributed by atoms with Gasteiger partial charge in [0.25, 0.3) is 5.91 Å². The van der Waals surface area contributed by atoms with E-state index in [2.05, 4.69) is 5.32 Å². The smallest absolute Gasteiger partial charge is 0.289 e. The summed E-state index contributed by atoms with van der Waals surface area (Å²) >= 11 is 0. The Morgan fingerprint density at radius 2 is 2.05 bits per heavy atom. The fraction of sp³-hybridized carbons (Fsp3) is 0.600. The maximum absolute atomic E-state index is 12.1. The van der Waals surface area contributed by atoms with E-state index in [1.165, 1.54) is 6.26 Å². The lowest BCUT2D eigenvalue weighted by atomic mass is 10.0. The average molecular weight is 292 g/mol. The van der Waals surface area contributed by atoms with Crippen LogP contribution < -0.4 is 5.32 Å². The second-order valence-electron chi connectivity index (χ2n) is 5.61. The van der Waals surface area contributed by atoms with E-state index in [0.717, 1.165) is 19.3 Å². The summed E-state index contributed by atoms with van der Waals surface area (Å²) in [6.45, 7) is 2.49. The van der Waals surface area contributed by atoms with E-state index in [-0.39, 0.29) is 23.8 Å². The van der Waals surface area contributed by atoms with Gasteiger partial charge in [-0.25, -0.2) is 0 Å². The van der Waals surface area contributed by atoms with Crippen LogP contribution in [0.2, 0.25) is 0 Å². The lowest BCUT2D eigenvalue weighted by Gasteiger charge is -2.32. The number of carbonyl (C=O) groups excluding carboxylic acids is 2.